The van der Waals surface area contributed by atoms with Crippen LogP contribution >= 0.6 is 0 Å². The predicted octanol–water partition coefficient (Wildman–Crippen LogP) is 0.0119. The number of hydrogen-bond donors (Lipinski definition) is 3. The van der Waals surface area contributed by atoms with E-state index in [1.54, 1.807) is 6.07 Å². The van der Waals surface area contributed by atoms with E-state index in [4.69, 9.17) is 5.11 Å². The van der Waals surface area contributed by atoms with Gasteiger partial charge in [0.15, 0.2) is 0 Å². The Morgan fingerprint density at radius 3 is 2.40 bits per heavy atom. The fourth-order valence-electron chi connectivity index (χ4n) is 1.78. The van der Waals surface area contributed by atoms with Crippen LogP contribution in [-0.2, 0) is 6.61 Å². The molecule has 0 bridgehead atoms. The van der Waals surface area contributed by atoms with E-state index in [2.05, 4.69) is 0 Å². The van der Waals surface area contributed by atoms with Gasteiger partial charge in [0.25, 0.3) is 0 Å². The topological polar surface area (TPSA) is 60.7 Å². The lowest BCUT2D eigenvalue weighted by atomic mass is 9.74. The normalized spacial score (nSPS) is 10.6. The number of benzene rings is 2. The molecule has 3 N–H and O–H groups in total. The summed E-state index contributed by atoms with van der Waals surface area (Å²) in [7, 11) is -1.56. The maximum atomic E-state index is 9.28. The van der Waals surface area contributed by atoms with Gasteiger partial charge in [0.1, 0.15) is 0 Å². The van der Waals surface area contributed by atoms with Gasteiger partial charge in [-0.25, -0.2) is 0 Å². The average molecular weight is 202 g/mol. The van der Waals surface area contributed by atoms with E-state index in [0.717, 1.165) is 10.8 Å². The summed E-state index contributed by atoms with van der Waals surface area (Å²) in [5, 5.41) is 29.4. The number of fused-ring (bicyclic) bond motifs is 1. The summed E-state index contributed by atoms with van der Waals surface area (Å²) in [6, 6.07) is 11.0. The quantitative estimate of drug-likeness (QED) is 0.601. The number of aliphatic hydroxyl groups is 1. The SMILES string of the molecule is OCc1ccc2ccccc2c1B(O)O. The molecule has 0 saturated carbocycles. The van der Waals surface area contributed by atoms with E-state index >= 15 is 0 Å². The van der Waals surface area contributed by atoms with Crippen LogP contribution in [0.1, 0.15) is 5.56 Å². The monoisotopic (exact) mass is 202 g/mol. The van der Waals surface area contributed by atoms with Gasteiger partial charge in [-0.15, -0.1) is 0 Å². The summed E-state index contributed by atoms with van der Waals surface area (Å²) >= 11 is 0. The summed E-state index contributed by atoms with van der Waals surface area (Å²) in [5.41, 5.74) is 0.930. The lowest BCUT2D eigenvalue weighted by Crippen LogP contribution is -2.33. The van der Waals surface area contributed by atoms with Gasteiger partial charge in [-0.1, -0.05) is 36.4 Å². The molecule has 4 heteroatoms. The number of rotatable bonds is 2. The number of aliphatic hydroxyl groups excluding tert-OH is 1. The minimum atomic E-state index is -1.56. The molecule has 0 spiro atoms. The van der Waals surface area contributed by atoms with Crippen LogP contribution in [0, 0.1) is 0 Å². The lowest BCUT2D eigenvalue weighted by Gasteiger charge is -2.10. The first kappa shape index (κ1) is 10.2. The van der Waals surface area contributed by atoms with E-state index in [1.807, 2.05) is 30.3 Å². The summed E-state index contributed by atoms with van der Waals surface area (Å²) in [6.07, 6.45) is 0. The smallest absolute Gasteiger partial charge is 0.423 e. The average Bonchev–Trinajstić information content (AvgIpc) is 2.27. The second kappa shape index (κ2) is 4.02. The number of hydrogen-bond acceptors (Lipinski definition) is 3. The molecule has 0 atom stereocenters. The van der Waals surface area contributed by atoms with Crippen molar-refractivity contribution in [3.8, 4) is 0 Å². The van der Waals surface area contributed by atoms with Gasteiger partial charge >= 0.3 is 7.12 Å². The van der Waals surface area contributed by atoms with E-state index in [0.29, 0.717) is 11.0 Å². The molecule has 2 rings (SSSR count). The maximum Gasteiger partial charge on any atom is 0.489 e. The zero-order valence-electron chi connectivity index (χ0n) is 8.09. The zero-order valence-corrected chi connectivity index (χ0v) is 8.09. The van der Waals surface area contributed by atoms with E-state index in [9.17, 15) is 10.0 Å². The molecule has 0 aromatic heterocycles. The first-order valence-corrected chi connectivity index (χ1v) is 4.71. The molecule has 0 fully saturated rings. The van der Waals surface area contributed by atoms with Crippen molar-refractivity contribution in [3.05, 3.63) is 42.0 Å². The Balaban J connectivity index is 2.79. The van der Waals surface area contributed by atoms with Crippen LogP contribution in [0.2, 0.25) is 0 Å². The second-order valence-electron chi connectivity index (χ2n) is 3.39. The van der Waals surface area contributed by atoms with Gasteiger partial charge in [0.2, 0.25) is 0 Å². The van der Waals surface area contributed by atoms with Crippen molar-refractivity contribution in [3.63, 3.8) is 0 Å². The molecule has 2 aromatic rings. The molecule has 15 heavy (non-hydrogen) atoms. The molecule has 2 aromatic carbocycles. The van der Waals surface area contributed by atoms with E-state index in [1.165, 1.54) is 0 Å². The van der Waals surface area contributed by atoms with Crippen molar-refractivity contribution in [2.24, 2.45) is 0 Å². The lowest BCUT2D eigenvalue weighted by molar-refractivity contribution is 0.282. The minimum absolute atomic E-state index is 0.197. The van der Waals surface area contributed by atoms with Crippen molar-refractivity contribution < 1.29 is 15.2 Å². The van der Waals surface area contributed by atoms with Gasteiger partial charge in [0.05, 0.1) is 6.61 Å². The van der Waals surface area contributed by atoms with Crippen molar-refractivity contribution in [1.82, 2.24) is 0 Å². The minimum Gasteiger partial charge on any atom is -0.423 e. The van der Waals surface area contributed by atoms with Crippen molar-refractivity contribution >= 4 is 23.4 Å². The maximum absolute atomic E-state index is 9.28. The third kappa shape index (κ3) is 1.75. The molecular weight excluding hydrogens is 191 g/mol. The predicted molar refractivity (Wildman–Crippen MR) is 59.7 cm³/mol. The molecular formula is C11H11BO3. The van der Waals surface area contributed by atoms with Crippen LogP contribution in [0.15, 0.2) is 36.4 Å². The fourth-order valence-corrected chi connectivity index (χ4v) is 1.78. The standard InChI is InChI=1S/C11H11BO3/c13-7-9-6-5-8-3-1-2-4-10(8)11(9)12(14)15/h1-6,13-15H,7H2. The molecule has 0 radical (unpaired) electrons. The van der Waals surface area contributed by atoms with Gasteiger partial charge in [-0.05, 0) is 21.8 Å². The Bertz CT molecular complexity index is 482. The second-order valence-corrected chi connectivity index (χ2v) is 3.39. The summed E-state index contributed by atoms with van der Waals surface area (Å²) in [5.74, 6) is 0. The van der Waals surface area contributed by atoms with Crippen LogP contribution in [0.3, 0.4) is 0 Å². The highest BCUT2D eigenvalue weighted by atomic mass is 16.4. The summed E-state index contributed by atoms with van der Waals surface area (Å²) in [6.45, 7) is -0.197. The molecule has 0 saturated heterocycles. The Morgan fingerprint density at radius 1 is 1.00 bits per heavy atom. The third-order valence-corrected chi connectivity index (χ3v) is 2.49. The van der Waals surface area contributed by atoms with Crippen LogP contribution in [0.25, 0.3) is 10.8 Å². The van der Waals surface area contributed by atoms with E-state index < -0.39 is 7.12 Å². The van der Waals surface area contributed by atoms with Gasteiger partial charge in [-0.3, -0.25) is 0 Å². The Labute approximate surface area is 87.8 Å². The molecule has 0 aliphatic heterocycles. The Kier molecular flexibility index (Phi) is 2.73. The van der Waals surface area contributed by atoms with Gasteiger partial charge in [-0.2, -0.15) is 0 Å². The highest BCUT2D eigenvalue weighted by molar-refractivity contribution is 6.62. The molecule has 0 heterocycles. The summed E-state index contributed by atoms with van der Waals surface area (Å²) in [4.78, 5) is 0. The highest BCUT2D eigenvalue weighted by Gasteiger charge is 2.18. The first-order valence-electron chi connectivity index (χ1n) is 4.71. The largest absolute Gasteiger partial charge is 0.489 e. The fraction of sp³-hybridized carbons (Fsp3) is 0.0909. The van der Waals surface area contributed by atoms with Crippen LogP contribution in [0.4, 0.5) is 0 Å². The van der Waals surface area contributed by atoms with Gasteiger partial charge in [0, 0.05) is 0 Å². The zero-order chi connectivity index (χ0) is 10.8. The van der Waals surface area contributed by atoms with Crippen molar-refractivity contribution in [2.75, 3.05) is 0 Å². The molecule has 3 nitrogen and oxygen atoms in total. The van der Waals surface area contributed by atoms with Crippen molar-refractivity contribution in [1.29, 1.82) is 0 Å². The van der Waals surface area contributed by atoms with E-state index in [-0.39, 0.29) is 6.61 Å². The Morgan fingerprint density at radius 2 is 1.73 bits per heavy atom. The third-order valence-electron chi connectivity index (χ3n) is 2.49. The summed E-state index contributed by atoms with van der Waals surface area (Å²) < 4.78 is 0. The van der Waals surface area contributed by atoms with Crippen LogP contribution in [-0.4, -0.2) is 22.3 Å². The highest BCUT2D eigenvalue weighted by Crippen LogP contribution is 2.14. The molecule has 76 valence electrons. The van der Waals surface area contributed by atoms with Crippen LogP contribution < -0.4 is 5.46 Å². The Hall–Kier alpha value is -1.36. The van der Waals surface area contributed by atoms with Gasteiger partial charge < -0.3 is 15.2 Å². The van der Waals surface area contributed by atoms with Crippen LogP contribution in [0.5, 0.6) is 0 Å². The first-order chi connectivity index (χ1) is 7.24. The molecule has 0 unspecified atom stereocenters. The van der Waals surface area contributed by atoms with Crippen molar-refractivity contribution in [2.45, 2.75) is 6.61 Å². The molecule has 0 amide bonds. The molecule has 0 aliphatic carbocycles. The molecule has 0 aliphatic rings.